The first-order valence-corrected chi connectivity index (χ1v) is 11.9. The molecule has 0 aliphatic carbocycles. The van der Waals surface area contributed by atoms with E-state index in [9.17, 15) is 18.0 Å². The highest BCUT2D eigenvalue weighted by atomic mass is 35.5. The van der Waals surface area contributed by atoms with Gasteiger partial charge in [-0.05, 0) is 42.5 Å². The maximum Gasteiger partial charge on any atom is 0.339 e. The monoisotopic (exact) mass is 484 g/mol. The number of amides is 1. The van der Waals surface area contributed by atoms with Crippen LogP contribution in [0.25, 0.3) is 22.4 Å². The molecule has 1 amide bonds. The summed E-state index contributed by atoms with van der Waals surface area (Å²) in [6.07, 6.45) is 2.54. The molecule has 0 aliphatic heterocycles. The van der Waals surface area contributed by atoms with Gasteiger partial charge < -0.3 is 14.5 Å². The summed E-state index contributed by atoms with van der Waals surface area (Å²) < 4.78 is 34.1. The van der Waals surface area contributed by atoms with Gasteiger partial charge in [-0.15, -0.1) is 0 Å². The van der Waals surface area contributed by atoms with E-state index in [1.165, 1.54) is 30.5 Å². The Kier molecular flexibility index (Phi) is 6.17. The highest BCUT2D eigenvalue weighted by Gasteiger charge is 2.18. The molecule has 0 atom stereocenters. The Morgan fingerprint density at radius 1 is 1.09 bits per heavy atom. The van der Waals surface area contributed by atoms with Gasteiger partial charge in [0.05, 0.1) is 32.9 Å². The maximum absolute atomic E-state index is 12.8. The normalized spacial score (nSPS) is 11.3. The summed E-state index contributed by atoms with van der Waals surface area (Å²) >= 11 is 6.05. The first-order valence-electron chi connectivity index (χ1n) is 9.62. The van der Waals surface area contributed by atoms with E-state index in [1.54, 1.807) is 36.4 Å². The van der Waals surface area contributed by atoms with Crippen molar-refractivity contribution in [3.05, 3.63) is 77.5 Å². The molecule has 8 nitrogen and oxygen atoms in total. The van der Waals surface area contributed by atoms with Gasteiger partial charge in [-0.1, -0.05) is 29.8 Å². The number of pyridine rings is 1. The van der Waals surface area contributed by atoms with E-state index >= 15 is 0 Å². The molecule has 168 valence electrons. The number of carbonyl (C=O) groups is 2. The van der Waals surface area contributed by atoms with Crippen molar-refractivity contribution in [1.82, 2.24) is 4.98 Å². The molecular formula is C23H17ClN2O6S. The zero-order valence-corrected chi connectivity index (χ0v) is 18.8. The molecule has 2 aromatic carbocycles. The number of fused-ring (bicyclic) bond motifs is 1. The molecule has 0 unspecified atom stereocenters. The number of aromatic nitrogens is 1. The minimum Gasteiger partial charge on any atom is -0.463 e. The number of rotatable bonds is 6. The second-order valence-electron chi connectivity index (χ2n) is 7.09. The lowest BCUT2D eigenvalue weighted by Gasteiger charge is -2.11. The molecule has 0 fully saturated rings. The second-order valence-corrected chi connectivity index (χ2v) is 9.51. The molecule has 33 heavy (non-hydrogen) atoms. The van der Waals surface area contributed by atoms with Crippen molar-refractivity contribution in [3.8, 4) is 11.5 Å². The molecule has 0 bridgehead atoms. The fraction of sp³-hybridized carbons (Fsp3) is 0.0870. The maximum atomic E-state index is 12.8. The third-order valence-corrected chi connectivity index (χ3v) is 6.12. The van der Waals surface area contributed by atoms with E-state index in [-0.39, 0.29) is 21.2 Å². The van der Waals surface area contributed by atoms with Gasteiger partial charge in [0.2, 0.25) is 0 Å². The van der Waals surface area contributed by atoms with Crippen LogP contribution >= 0.6 is 11.6 Å². The van der Waals surface area contributed by atoms with E-state index in [2.05, 4.69) is 10.3 Å². The minimum atomic E-state index is -3.49. The van der Waals surface area contributed by atoms with Gasteiger partial charge in [-0.2, -0.15) is 0 Å². The van der Waals surface area contributed by atoms with Crippen LogP contribution in [0.3, 0.4) is 0 Å². The number of hydrogen-bond donors (Lipinski definition) is 1. The van der Waals surface area contributed by atoms with E-state index in [4.69, 9.17) is 20.8 Å². The Bertz CT molecular complexity index is 1470. The molecule has 1 N–H and O–H groups in total. The van der Waals surface area contributed by atoms with Crippen LogP contribution in [0.5, 0.6) is 0 Å². The van der Waals surface area contributed by atoms with Crippen molar-refractivity contribution in [2.75, 3.05) is 18.2 Å². The van der Waals surface area contributed by atoms with Gasteiger partial charge in [-0.3, -0.25) is 4.79 Å². The summed E-state index contributed by atoms with van der Waals surface area (Å²) in [4.78, 5) is 29.7. The van der Waals surface area contributed by atoms with Gasteiger partial charge in [0.1, 0.15) is 5.69 Å². The predicted molar refractivity (Wildman–Crippen MR) is 123 cm³/mol. The van der Waals surface area contributed by atoms with Gasteiger partial charge >= 0.3 is 5.97 Å². The zero-order chi connectivity index (χ0) is 23.6. The van der Waals surface area contributed by atoms with Crippen LogP contribution in [0, 0.1) is 0 Å². The Labute approximate surface area is 194 Å². The third kappa shape index (κ3) is 5.05. The summed E-state index contributed by atoms with van der Waals surface area (Å²) in [5, 5.41) is 3.16. The van der Waals surface area contributed by atoms with E-state index in [1.807, 2.05) is 0 Å². The molecule has 0 aliphatic rings. The number of ether oxygens (including phenoxy) is 1. The number of para-hydroxylation sites is 1. The van der Waals surface area contributed by atoms with Gasteiger partial charge in [0.25, 0.3) is 5.91 Å². The number of hydrogen-bond acceptors (Lipinski definition) is 7. The number of furan rings is 1. The Balaban J connectivity index is 1.53. The van der Waals surface area contributed by atoms with E-state index in [0.717, 1.165) is 6.26 Å². The van der Waals surface area contributed by atoms with Crippen molar-refractivity contribution in [1.29, 1.82) is 0 Å². The van der Waals surface area contributed by atoms with E-state index in [0.29, 0.717) is 22.4 Å². The number of esters is 1. The number of anilines is 1. The summed E-state index contributed by atoms with van der Waals surface area (Å²) in [5.41, 5.74) is 1.32. The highest BCUT2D eigenvalue weighted by molar-refractivity contribution is 7.90. The van der Waals surface area contributed by atoms with Crippen molar-refractivity contribution < 1.29 is 27.2 Å². The quantitative estimate of drug-likeness (QED) is 0.404. The molecular weight excluding hydrogens is 468 g/mol. The van der Waals surface area contributed by atoms with Crippen LogP contribution in [0.4, 0.5) is 5.69 Å². The molecule has 2 heterocycles. The van der Waals surface area contributed by atoms with Crippen LogP contribution < -0.4 is 5.32 Å². The first-order chi connectivity index (χ1) is 15.7. The summed E-state index contributed by atoms with van der Waals surface area (Å²) in [5.74, 6) is -0.930. The first kappa shape index (κ1) is 22.5. The number of carbonyl (C=O) groups excluding carboxylic acids is 2. The van der Waals surface area contributed by atoms with Crippen molar-refractivity contribution in [2.24, 2.45) is 0 Å². The van der Waals surface area contributed by atoms with Gasteiger partial charge in [0, 0.05) is 11.6 Å². The highest BCUT2D eigenvalue weighted by Crippen LogP contribution is 2.27. The fourth-order valence-corrected chi connectivity index (χ4v) is 3.93. The van der Waals surface area contributed by atoms with Crippen molar-refractivity contribution in [3.63, 3.8) is 0 Å². The number of benzene rings is 2. The number of nitrogens with zero attached hydrogens (tertiary/aromatic N) is 1. The van der Waals surface area contributed by atoms with Gasteiger partial charge in [0.15, 0.2) is 22.2 Å². The lowest BCUT2D eigenvalue weighted by atomic mass is 10.1. The molecule has 0 spiro atoms. The number of sulfone groups is 1. The lowest BCUT2D eigenvalue weighted by Crippen LogP contribution is -2.21. The standard InChI is InChI=1S/C23H17ClN2O6S/c1-33(29,30)14-8-9-17(24)19(11-14)26-22(27)13-32-23(28)16-12-20(21-7-4-10-31-21)25-18-6-3-2-5-15(16)18/h2-12H,13H2,1H3,(H,26,27). The number of nitrogens with one attached hydrogen (secondary N) is 1. The molecule has 0 saturated carbocycles. The molecule has 10 heteroatoms. The van der Waals surface area contributed by atoms with Crippen molar-refractivity contribution in [2.45, 2.75) is 4.90 Å². The largest absolute Gasteiger partial charge is 0.463 e. The molecule has 0 radical (unpaired) electrons. The smallest absolute Gasteiger partial charge is 0.339 e. The van der Waals surface area contributed by atoms with Crippen LogP contribution in [-0.2, 0) is 19.4 Å². The predicted octanol–water partition coefficient (Wildman–Crippen LogP) is 4.35. The van der Waals surface area contributed by atoms with Crippen LogP contribution in [0.15, 0.2) is 76.2 Å². The summed E-state index contributed by atoms with van der Waals surface area (Å²) in [6.45, 7) is -0.606. The van der Waals surface area contributed by atoms with Crippen molar-refractivity contribution >= 4 is 49.9 Å². The Morgan fingerprint density at radius 2 is 1.88 bits per heavy atom. The second kappa shape index (κ2) is 9.05. The van der Waals surface area contributed by atoms with Crippen LogP contribution in [-0.4, -0.2) is 38.1 Å². The fourth-order valence-electron chi connectivity index (χ4n) is 3.12. The topological polar surface area (TPSA) is 116 Å². The zero-order valence-electron chi connectivity index (χ0n) is 17.2. The average molecular weight is 485 g/mol. The Hall–Kier alpha value is -3.69. The number of halogens is 1. The molecule has 2 aromatic heterocycles. The average Bonchev–Trinajstić information content (AvgIpc) is 3.32. The lowest BCUT2D eigenvalue weighted by molar-refractivity contribution is -0.119. The van der Waals surface area contributed by atoms with Gasteiger partial charge in [-0.25, -0.2) is 18.2 Å². The summed E-state index contributed by atoms with van der Waals surface area (Å²) in [7, 11) is -3.49. The minimum absolute atomic E-state index is 0.00657. The SMILES string of the molecule is CS(=O)(=O)c1ccc(Cl)c(NC(=O)COC(=O)c2cc(-c3ccco3)nc3ccccc23)c1. The third-order valence-electron chi connectivity index (χ3n) is 4.68. The molecule has 0 saturated heterocycles. The molecule has 4 aromatic rings. The Morgan fingerprint density at radius 3 is 2.61 bits per heavy atom. The summed E-state index contributed by atoms with van der Waals surface area (Å²) in [6, 6.07) is 15.9. The van der Waals surface area contributed by atoms with Crippen LogP contribution in [0.2, 0.25) is 5.02 Å². The molecule has 4 rings (SSSR count). The van der Waals surface area contributed by atoms with Crippen LogP contribution in [0.1, 0.15) is 10.4 Å². The van der Waals surface area contributed by atoms with E-state index < -0.39 is 28.3 Å².